The van der Waals surface area contributed by atoms with Crippen molar-refractivity contribution in [2.75, 3.05) is 7.11 Å². The molecule has 28 heavy (non-hydrogen) atoms. The van der Waals surface area contributed by atoms with Crippen LogP contribution < -0.4 is 10.9 Å². The number of fused-ring (bicyclic) bond motifs is 2. The Morgan fingerprint density at radius 3 is 2.71 bits per heavy atom. The number of hydrogen-bond donors (Lipinski definition) is 2. The lowest BCUT2D eigenvalue weighted by Gasteiger charge is -2.08. The third-order valence-corrected chi connectivity index (χ3v) is 7.20. The molecule has 146 valence electrons. The van der Waals surface area contributed by atoms with Gasteiger partial charge >= 0.3 is 0 Å². The molecule has 2 amide bonds. The summed E-state index contributed by atoms with van der Waals surface area (Å²) in [6.07, 6.45) is 4.30. The van der Waals surface area contributed by atoms with E-state index < -0.39 is 11.7 Å². The fraction of sp³-hybridized carbons (Fsp3) is 0.300. The molecule has 0 bridgehead atoms. The average molecular weight is 419 g/mol. The summed E-state index contributed by atoms with van der Waals surface area (Å²) >= 11 is 2.65. The third kappa shape index (κ3) is 3.55. The van der Waals surface area contributed by atoms with Gasteiger partial charge in [0.25, 0.3) is 11.8 Å². The van der Waals surface area contributed by atoms with Crippen LogP contribution in [0.25, 0.3) is 10.1 Å². The predicted molar refractivity (Wildman–Crippen MR) is 108 cm³/mol. The smallest absolute Gasteiger partial charge is 0.280 e. The van der Waals surface area contributed by atoms with Crippen molar-refractivity contribution >= 4 is 44.6 Å². The zero-order valence-corrected chi connectivity index (χ0v) is 16.9. The number of thiophene rings is 2. The normalized spacial score (nSPS) is 13.4. The number of ether oxygens (including phenoxy) is 1. The number of benzene rings is 1. The number of halogens is 1. The summed E-state index contributed by atoms with van der Waals surface area (Å²) in [5, 5.41) is 0.386. The minimum Gasteiger partial charge on any atom is -0.380 e. The molecule has 2 aromatic heterocycles. The van der Waals surface area contributed by atoms with Crippen LogP contribution in [0.5, 0.6) is 0 Å². The van der Waals surface area contributed by atoms with E-state index in [1.54, 1.807) is 12.1 Å². The second-order valence-corrected chi connectivity index (χ2v) is 8.82. The van der Waals surface area contributed by atoms with Gasteiger partial charge in [-0.1, -0.05) is 6.07 Å². The molecule has 1 aliphatic rings. The van der Waals surface area contributed by atoms with E-state index >= 15 is 0 Å². The van der Waals surface area contributed by atoms with Crippen LogP contribution >= 0.6 is 22.7 Å². The summed E-state index contributed by atoms with van der Waals surface area (Å²) < 4.78 is 20.1. The van der Waals surface area contributed by atoms with Gasteiger partial charge in [-0.3, -0.25) is 20.4 Å². The van der Waals surface area contributed by atoms with Gasteiger partial charge in [-0.25, -0.2) is 4.39 Å². The van der Waals surface area contributed by atoms with Crippen molar-refractivity contribution in [1.82, 2.24) is 10.9 Å². The molecule has 3 aromatic rings. The first-order valence-corrected chi connectivity index (χ1v) is 10.6. The largest absolute Gasteiger partial charge is 0.380 e. The molecule has 5 nitrogen and oxygen atoms in total. The minimum absolute atomic E-state index is 0.106. The number of hydrogen-bond acceptors (Lipinski definition) is 5. The molecule has 0 aliphatic heterocycles. The highest BCUT2D eigenvalue weighted by atomic mass is 32.1. The highest BCUT2D eigenvalue weighted by molar-refractivity contribution is 7.21. The first-order valence-electron chi connectivity index (χ1n) is 8.99. The van der Waals surface area contributed by atoms with E-state index in [9.17, 15) is 14.0 Å². The van der Waals surface area contributed by atoms with E-state index in [0.717, 1.165) is 25.7 Å². The standard InChI is InChI=1S/C20H19FN2O3S2/c1-26-10-12-17-13(21)6-4-8-15(17)28-18(12)20(25)23-22-19(24)16-9-11-5-2-3-7-14(11)27-16/h4,6,8-9H,2-3,5,7,10H2,1H3,(H,22,24)(H,23,25). The maximum Gasteiger partial charge on any atom is 0.280 e. The first-order chi connectivity index (χ1) is 13.6. The van der Waals surface area contributed by atoms with Crippen LogP contribution in [0.3, 0.4) is 0 Å². The van der Waals surface area contributed by atoms with Crippen LogP contribution in [0.4, 0.5) is 4.39 Å². The van der Waals surface area contributed by atoms with Gasteiger partial charge < -0.3 is 4.74 Å². The van der Waals surface area contributed by atoms with E-state index in [1.165, 1.54) is 46.3 Å². The highest BCUT2D eigenvalue weighted by Crippen LogP contribution is 2.34. The van der Waals surface area contributed by atoms with Gasteiger partial charge in [-0.2, -0.15) is 0 Å². The summed E-state index contributed by atoms with van der Waals surface area (Å²) in [4.78, 5) is 27.3. The van der Waals surface area contributed by atoms with Crippen molar-refractivity contribution in [2.45, 2.75) is 32.3 Å². The molecule has 0 saturated carbocycles. The molecule has 1 aromatic carbocycles. The highest BCUT2D eigenvalue weighted by Gasteiger charge is 2.22. The van der Waals surface area contributed by atoms with Crippen LogP contribution in [0, 0.1) is 5.82 Å². The number of carbonyl (C=O) groups excluding carboxylic acids is 2. The Bertz CT molecular complexity index is 1030. The summed E-state index contributed by atoms with van der Waals surface area (Å²) in [6, 6.07) is 6.63. The Kier molecular flexibility index (Phi) is 5.43. The Hall–Kier alpha value is -2.29. The zero-order chi connectivity index (χ0) is 19.7. The lowest BCUT2D eigenvalue weighted by Crippen LogP contribution is -2.41. The summed E-state index contributed by atoms with van der Waals surface area (Å²) in [5.41, 5.74) is 6.65. The number of aryl methyl sites for hydroxylation is 2. The number of rotatable bonds is 4. The second-order valence-electron chi connectivity index (χ2n) is 6.63. The number of methoxy groups -OCH3 is 1. The van der Waals surface area contributed by atoms with Crippen LogP contribution in [-0.4, -0.2) is 18.9 Å². The lowest BCUT2D eigenvalue weighted by atomic mass is 9.99. The Balaban J connectivity index is 1.52. The average Bonchev–Trinajstić information content (AvgIpc) is 3.29. The van der Waals surface area contributed by atoms with Gasteiger partial charge in [0.15, 0.2) is 0 Å². The Morgan fingerprint density at radius 1 is 1.14 bits per heavy atom. The third-order valence-electron chi connectivity index (χ3n) is 4.77. The minimum atomic E-state index is -0.484. The molecule has 0 radical (unpaired) electrons. The molecule has 0 spiro atoms. The SMILES string of the molecule is COCc1c(C(=O)NNC(=O)c2cc3c(s2)CCCC3)sc2cccc(F)c12. The Labute approximate surface area is 169 Å². The Morgan fingerprint density at radius 2 is 1.93 bits per heavy atom. The van der Waals surface area contributed by atoms with Gasteiger partial charge in [0.05, 0.1) is 11.5 Å². The van der Waals surface area contributed by atoms with Crippen molar-refractivity contribution in [1.29, 1.82) is 0 Å². The van der Waals surface area contributed by atoms with Crippen molar-refractivity contribution in [3.63, 3.8) is 0 Å². The van der Waals surface area contributed by atoms with Crippen LogP contribution in [0.2, 0.25) is 0 Å². The quantitative estimate of drug-likeness (QED) is 0.624. The van der Waals surface area contributed by atoms with E-state index in [0.29, 0.717) is 25.4 Å². The summed E-state index contributed by atoms with van der Waals surface area (Å²) in [7, 11) is 1.49. The van der Waals surface area contributed by atoms with Crippen LogP contribution in [0.1, 0.15) is 48.2 Å². The number of amides is 2. The number of hydrazine groups is 1. The van der Waals surface area contributed by atoms with Gasteiger partial charge in [0.2, 0.25) is 0 Å². The molecule has 4 rings (SSSR count). The lowest BCUT2D eigenvalue weighted by molar-refractivity contribution is 0.0849. The van der Waals surface area contributed by atoms with Gasteiger partial charge in [0.1, 0.15) is 10.7 Å². The molecular formula is C20H19FN2O3S2. The molecule has 2 heterocycles. The van der Waals surface area contributed by atoms with Crippen LogP contribution in [-0.2, 0) is 24.2 Å². The maximum absolute atomic E-state index is 14.2. The maximum atomic E-state index is 14.2. The zero-order valence-electron chi connectivity index (χ0n) is 15.3. The van der Waals surface area contributed by atoms with E-state index in [1.807, 2.05) is 6.07 Å². The van der Waals surface area contributed by atoms with Crippen molar-refractivity contribution in [3.05, 3.63) is 55.8 Å². The molecule has 2 N–H and O–H groups in total. The molecule has 1 aliphatic carbocycles. The number of carbonyl (C=O) groups is 2. The fourth-order valence-corrected chi connectivity index (χ4v) is 5.73. The molecule has 8 heteroatoms. The molecule has 0 atom stereocenters. The van der Waals surface area contributed by atoms with E-state index in [4.69, 9.17) is 4.74 Å². The first kappa shape index (κ1) is 19.0. The van der Waals surface area contributed by atoms with Gasteiger partial charge in [-0.05, 0) is 49.4 Å². The second kappa shape index (κ2) is 7.98. The summed E-state index contributed by atoms with van der Waals surface area (Å²) in [5.74, 6) is -1.22. The van der Waals surface area contributed by atoms with E-state index in [-0.39, 0.29) is 12.5 Å². The fourth-order valence-electron chi connectivity index (χ4n) is 3.47. The number of nitrogens with one attached hydrogen (secondary N) is 2. The summed E-state index contributed by atoms with van der Waals surface area (Å²) in [6.45, 7) is 0.106. The topological polar surface area (TPSA) is 67.4 Å². The van der Waals surface area contributed by atoms with Crippen molar-refractivity contribution in [2.24, 2.45) is 0 Å². The monoisotopic (exact) mass is 418 g/mol. The van der Waals surface area contributed by atoms with Crippen molar-refractivity contribution < 1.29 is 18.7 Å². The molecule has 0 saturated heterocycles. The van der Waals surface area contributed by atoms with Crippen LogP contribution in [0.15, 0.2) is 24.3 Å². The van der Waals surface area contributed by atoms with Gasteiger partial charge in [0, 0.05) is 27.6 Å². The van der Waals surface area contributed by atoms with Gasteiger partial charge in [-0.15, -0.1) is 22.7 Å². The molecular weight excluding hydrogens is 399 g/mol. The molecule has 0 fully saturated rings. The molecule has 0 unspecified atom stereocenters. The van der Waals surface area contributed by atoms with Crippen molar-refractivity contribution in [3.8, 4) is 0 Å². The predicted octanol–water partition coefficient (Wildman–Crippen LogP) is 4.20. The van der Waals surface area contributed by atoms with E-state index in [2.05, 4.69) is 10.9 Å².